The molecule has 0 spiro atoms. The van der Waals surface area contributed by atoms with Crippen LogP contribution in [-0.4, -0.2) is 47.7 Å². The first kappa shape index (κ1) is 21.9. The number of benzene rings is 2. The van der Waals surface area contributed by atoms with Gasteiger partial charge in [0.05, 0.1) is 6.54 Å². The fourth-order valence-electron chi connectivity index (χ4n) is 4.01. The van der Waals surface area contributed by atoms with Crippen molar-refractivity contribution in [1.82, 2.24) is 15.0 Å². The summed E-state index contributed by atoms with van der Waals surface area (Å²) in [5.74, 6) is 1.51. The third-order valence-corrected chi connectivity index (χ3v) is 6.05. The van der Waals surface area contributed by atoms with E-state index in [2.05, 4.69) is 82.7 Å². The summed E-state index contributed by atoms with van der Waals surface area (Å²) in [6, 6.07) is 16.7. The maximum absolute atomic E-state index is 5.97. The van der Waals surface area contributed by atoms with Crippen LogP contribution in [0.5, 0.6) is 0 Å². The van der Waals surface area contributed by atoms with Gasteiger partial charge in [-0.2, -0.15) is 15.0 Å². The molecule has 0 unspecified atom stereocenters. The van der Waals surface area contributed by atoms with E-state index in [0.29, 0.717) is 5.95 Å². The lowest BCUT2D eigenvalue weighted by Crippen LogP contribution is -3.27. The van der Waals surface area contributed by atoms with Gasteiger partial charge in [0.15, 0.2) is 5.82 Å². The van der Waals surface area contributed by atoms with Crippen molar-refractivity contribution in [3.8, 4) is 0 Å². The highest BCUT2D eigenvalue weighted by atomic mass is 15.3. The Kier molecular flexibility index (Phi) is 7.09. The number of nitrogen functional groups attached to an aromatic ring is 1. The molecule has 0 aliphatic carbocycles. The lowest BCUT2D eigenvalue weighted by atomic mass is 10.1. The standard InChI is InChI=1S/C25H31N7/c1-19-10-11-22(17-20(19)2)27-25-29-23(28-24(26)30-25)18-32-15-13-31(14-16-32)12-6-9-21-7-4-3-5-8-21/h3-11,17H,12-16,18H2,1-2H3,(H3,26,27,28,29,30)/p+2/b9-6+. The van der Waals surface area contributed by atoms with Gasteiger partial charge in [-0.05, 0) is 48.7 Å². The van der Waals surface area contributed by atoms with Crippen molar-refractivity contribution in [1.29, 1.82) is 0 Å². The molecule has 2 aromatic carbocycles. The third kappa shape index (κ3) is 6.12. The summed E-state index contributed by atoms with van der Waals surface area (Å²) >= 11 is 0. The number of nitrogens with zero attached hydrogens (tertiary/aromatic N) is 3. The molecule has 32 heavy (non-hydrogen) atoms. The van der Waals surface area contributed by atoms with Crippen LogP contribution in [0.25, 0.3) is 6.08 Å². The summed E-state index contributed by atoms with van der Waals surface area (Å²) in [4.78, 5) is 16.4. The predicted molar refractivity (Wildman–Crippen MR) is 129 cm³/mol. The minimum Gasteiger partial charge on any atom is -0.368 e. The van der Waals surface area contributed by atoms with E-state index in [0.717, 1.165) is 50.8 Å². The molecule has 0 amide bonds. The van der Waals surface area contributed by atoms with E-state index < -0.39 is 0 Å². The molecule has 0 atom stereocenters. The van der Waals surface area contributed by atoms with Gasteiger partial charge < -0.3 is 20.9 Å². The van der Waals surface area contributed by atoms with Crippen LogP contribution in [0.15, 0.2) is 54.6 Å². The van der Waals surface area contributed by atoms with Gasteiger partial charge >= 0.3 is 0 Å². The second-order valence-electron chi connectivity index (χ2n) is 8.55. The van der Waals surface area contributed by atoms with Crippen LogP contribution in [0.2, 0.25) is 0 Å². The van der Waals surface area contributed by atoms with E-state index >= 15 is 0 Å². The number of nitrogens with one attached hydrogen (secondary N) is 3. The minimum atomic E-state index is 0.260. The predicted octanol–water partition coefficient (Wildman–Crippen LogP) is 0.811. The molecule has 166 valence electrons. The van der Waals surface area contributed by atoms with Crippen LogP contribution < -0.4 is 20.9 Å². The topological polar surface area (TPSA) is 85.6 Å². The maximum Gasteiger partial charge on any atom is 0.232 e. The maximum atomic E-state index is 5.97. The number of hydrogen-bond acceptors (Lipinski definition) is 5. The number of rotatable bonds is 7. The molecule has 0 saturated carbocycles. The number of piperazine rings is 1. The summed E-state index contributed by atoms with van der Waals surface area (Å²) in [6.07, 6.45) is 4.50. The molecule has 1 fully saturated rings. The lowest BCUT2D eigenvalue weighted by molar-refractivity contribution is -1.02. The quantitative estimate of drug-likeness (QED) is 0.445. The van der Waals surface area contributed by atoms with Crippen molar-refractivity contribution in [3.05, 3.63) is 77.1 Å². The first-order valence-electron chi connectivity index (χ1n) is 11.3. The molecule has 7 heteroatoms. The number of nitrogens with two attached hydrogens (primary N) is 1. The lowest BCUT2D eigenvalue weighted by Gasteiger charge is -2.28. The molecule has 1 aliphatic heterocycles. The van der Waals surface area contributed by atoms with Crippen LogP contribution in [0.1, 0.15) is 22.5 Å². The monoisotopic (exact) mass is 431 g/mol. The van der Waals surface area contributed by atoms with Crippen LogP contribution in [-0.2, 0) is 6.54 Å². The Balaban J connectivity index is 1.30. The number of quaternary nitrogens is 2. The van der Waals surface area contributed by atoms with Gasteiger partial charge in [0.2, 0.25) is 11.9 Å². The van der Waals surface area contributed by atoms with Crippen molar-refractivity contribution >= 4 is 23.7 Å². The van der Waals surface area contributed by atoms with Gasteiger partial charge in [0.25, 0.3) is 0 Å². The summed E-state index contributed by atoms with van der Waals surface area (Å²) < 4.78 is 0. The molecule has 3 aromatic rings. The van der Waals surface area contributed by atoms with Gasteiger partial charge in [-0.15, -0.1) is 0 Å². The molecular formula is C25H33N7+2. The average Bonchev–Trinajstić information content (AvgIpc) is 2.78. The van der Waals surface area contributed by atoms with Gasteiger partial charge in [-0.1, -0.05) is 42.5 Å². The summed E-state index contributed by atoms with van der Waals surface area (Å²) in [6.45, 7) is 10.5. The average molecular weight is 432 g/mol. The van der Waals surface area contributed by atoms with E-state index in [1.165, 1.54) is 21.6 Å². The zero-order chi connectivity index (χ0) is 22.3. The minimum absolute atomic E-state index is 0.260. The second kappa shape index (κ2) is 10.3. The zero-order valence-corrected chi connectivity index (χ0v) is 18.9. The van der Waals surface area contributed by atoms with Crippen LogP contribution in [0, 0.1) is 13.8 Å². The van der Waals surface area contributed by atoms with Crippen molar-refractivity contribution in [2.75, 3.05) is 43.8 Å². The number of aryl methyl sites for hydroxylation is 2. The highest BCUT2D eigenvalue weighted by Gasteiger charge is 2.23. The number of anilines is 3. The highest BCUT2D eigenvalue weighted by Crippen LogP contribution is 2.17. The van der Waals surface area contributed by atoms with Gasteiger partial charge in [0, 0.05) is 5.69 Å². The van der Waals surface area contributed by atoms with Crippen molar-refractivity contribution in [2.24, 2.45) is 0 Å². The molecule has 2 heterocycles. The Morgan fingerprint density at radius 3 is 2.41 bits per heavy atom. The van der Waals surface area contributed by atoms with Gasteiger partial charge in [0.1, 0.15) is 32.7 Å². The van der Waals surface area contributed by atoms with Crippen molar-refractivity contribution < 1.29 is 9.80 Å². The number of aromatic nitrogens is 3. The Bertz CT molecular complexity index is 1060. The Labute approximate surface area is 190 Å². The van der Waals surface area contributed by atoms with E-state index in [1.54, 1.807) is 4.90 Å². The SMILES string of the molecule is Cc1ccc(Nc2nc(N)nc(C[NH+]3CC[NH+](C/C=C/c4ccccc4)CC3)n2)cc1C. The molecule has 1 aromatic heterocycles. The molecule has 1 saturated heterocycles. The van der Waals surface area contributed by atoms with Crippen molar-refractivity contribution in [2.45, 2.75) is 20.4 Å². The van der Waals surface area contributed by atoms with E-state index in [9.17, 15) is 0 Å². The zero-order valence-electron chi connectivity index (χ0n) is 18.9. The van der Waals surface area contributed by atoms with E-state index in [1.807, 2.05) is 12.1 Å². The molecule has 0 radical (unpaired) electrons. The van der Waals surface area contributed by atoms with Gasteiger partial charge in [-0.3, -0.25) is 0 Å². The second-order valence-corrected chi connectivity index (χ2v) is 8.55. The van der Waals surface area contributed by atoms with Crippen molar-refractivity contribution in [3.63, 3.8) is 0 Å². The van der Waals surface area contributed by atoms with E-state index in [-0.39, 0.29) is 5.95 Å². The number of hydrogen-bond donors (Lipinski definition) is 4. The summed E-state index contributed by atoms with van der Waals surface area (Å²) in [5.41, 5.74) is 10.7. The molecule has 1 aliphatic rings. The van der Waals surface area contributed by atoms with Crippen LogP contribution in [0.4, 0.5) is 17.6 Å². The molecule has 5 N–H and O–H groups in total. The molecule has 7 nitrogen and oxygen atoms in total. The summed E-state index contributed by atoms with van der Waals surface area (Å²) in [7, 11) is 0. The first-order valence-corrected chi connectivity index (χ1v) is 11.3. The Morgan fingerprint density at radius 1 is 0.906 bits per heavy atom. The largest absolute Gasteiger partial charge is 0.368 e. The smallest absolute Gasteiger partial charge is 0.232 e. The molecule has 0 bridgehead atoms. The highest BCUT2D eigenvalue weighted by molar-refractivity contribution is 5.56. The Morgan fingerprint density at radius 2 is 1.66 bits per heavy atom. The summed E-state index contributed by atoms with van der Waals surface area (Å²) in [5, 5.41) is 3.27. The fraction of sp³-hybridized carbons (Fsp3) is 0.320. The Hall–Kier alpha value is -3.29. The van der Waals surface area contributed by atoms with Gasteiger partial charge in [-0.25, -0.2) is 0 Å². The van der Waals surface area contributed by atoms with Crippen LogP contribution in [0.3, 0.4) is 0 Å². The van der Waals surface area contributed by atoms with Crippen LogP contribution >= 0.6 is 0 Å². The first-order chi connectivity index (χ1) is 15.5. The molecular weight excluding hydrogens is 398 g/mol. The normalized spacial score (nSPS) is 18.7. The third-order valence-electron chi connectivity index (χ3n) is 6.05. The van der Waals surface area contributed by atoms with E-state index in [4.69, 9.17) is 5.73 Å². The molecule has 4 rings (SSSR count). The fourth-order valence-corrected chi connectivity index (χ4v) is 4.01.